The zero-order valence-corrected chi connectivity index (χ0v) is 18.3. The SMILES string of the molecule is C=CCn1c(CN(C(=O)c2cccc(F)c2)C2CC2)cnc1S(=O)(=O)Cc1ccccc1. The van der Waals surface area contributed by atoms with Gasteiger partial charge in [0.15, 0.2) is 0 Å². The van der Waals surface area contributed by atoms with Crippen LogP contribution in [0.25, 0.3) is 0 Å². The van der Waals surface area contributed by atoms with Gasteiger partial charge in [-0.15, -0.1) is 6.58 Å². The van der Waals surface area contributed by atoms with Crippen molar-refractivity contribution in [2.75, 3.05) is 0 Å². The molecule has 3 aromatic rings. The van der Waals surface area contributed by atoms with Crippen LogP contribution in [0.2, 0.25) is 0 Å². The lowest BCUT2D eigenvalue weighted by Crippen LogP contribution is -2.33. The molecule has 0 aliphatic heterocycles. The Balaban J connectivity index is 1.64. The van der Waals surface area contributed by atoms with Gasteiger partial charge in [-0.3, -0.25) is 4.79 Å². The fraction of sp³-hybridized carbons (Fsp3) is 0.250. The Morgan fingerprint density at radius 1 is 1.19 bits per heavy atom. The van der Waals surface area contributed by atoms with Crippen LogP contribution in [0.15, 0.2) is 78.6 Å². The van der Waals surface area contributed by atoms with Crippen molar-refractivity contribution in [1.82, 2.24) is 14.5 Å². The maximum atomic E-state index is 13.6. The Morgan fingerprint density at radius 2 is 1.94 bits per heavy atom. The number of hydrogen-bond acceptors (Lipinski definition) is 4. The number of carbonyl (C=O) groups is 1. The van der Waals surface area contributed by atoms with E-state index >= 15 is 0 Å². The van der Waals surface area contributed by atoms with Gasteiger partial charge in [-0.2, -0.15) is 0 Å². The summed E-state index contributed by atoms with van der Waals surface area (Å²) in [5, 5.41) is -0.0507. The second kappa shape index (κ2) is 9.08. The third-order valence-corrected chi connectivity index (χ3v) is 6.94. The van der Waals surface area contributed by atoms with Crippen LogP contribution in [0.3, 0.4) is 0 Å². The normalized spacial score (nSPS) is 13.7. The van der Waals surface area contributed by atoms with Crippen molar-refractivity contribution >= 4 is 15.7 Å². The van der Waals surface area contributed by atoms with Crippen LogP contribution in [-0.2, 0) is 28.7 Å². The smallest absolute Gasteiger partial charge is 0.254 e. The molecule has 1 saturated carbocycles. The van der Waals surface area contributed by atoms with Gasteiger partial charge in [0.05, 0.1) is 24.2 Å². The number of rotatable bonds is 9. The molecule has 0 radical (unpaired) electrons. The Labute approximate surface area is 186 Å². The summed E-state index contributed by atoms with van der Waals surface area (Å²) >= 11 is 0. The van der Waals surface area contributed by atoms with Crippen molar-refractivity contribution in [3.63, 3.8) is 0 Å². The molecule has 1 aliphatic carbocycles. The molecular weight excluding hydrogens is 429 g/mol. The molecule has 4 rings (SSSR count). The molecule has 6 nitrogen and oxygen atoms in total. The van der Waals surface area contributed by atoms with E-state index in [1.165, 1.54) is 24.4 Å². The third-order valence-electron chi connectivity index (χ3n) is 5.34. The highest BCUT2D eigenvalue weighted by Crippen LogP contribution is 2.30. The molecule has 0 saturated heterocycles. The molecular formula is C24H24FN3O3S. The van der Waals surface area contributed by atoms with E-state index in [1.54, 1.807) is 45.9 Å². The minimum atomic E-state index is -3.71. The van der Waals surface area contributed by atoms with Crippen LogP contribution >= 0.6 is 0 Å². The van der Waals surface area contributed by atoms with Crippen LogP contribution < -0.4 is 0 Å². The summed E-state index contributed by atoms with van der Waals surface area (Å²) in [5.74, 6) is -0.930. The maximum absolute atomic E-state index is 13.6. The van der Waals surface area contributed by atoms with E-state index in [1.807, 2.05) is 6.07 Å². The zero-order chi connectivity index (χ0) is 22.7. The van der Waals surface area contributed by atoms with E-state index in [4.69, 9.17) is 0 Å². The first kappa shape index (κ1) is 22.0. The molecule has 0 atom stereocenters. The molecule has 1 heterocycles. The van der Waals surface area contributed by atoms with Gasteiger partial charge < -0.3 is 9.47 Å². The molecule has 0 N–H and O–H groups in total. The standard InChI is InChI=1S/C24H24FN3O3S/c1-2-13-27-22(15-26-24(27)32(30,31)17-18-7-4-3-5-8-18)16-28(21-11-12-21)23(29)19-9-6-10-20(25)14-19/h2-10,14-15,21H,1,11-13,16-17H2. The lowest BCUT2D eigenvalue weighted by atomic mass is 10.2. The topological polar surface area (TPSA) is 72.3 Å². The Hall–Kier alpha value is -3.26. The Kier molecular flexibility index (Phi) is 6.23. The molecule has 2 aromatic carbocycles. The monoisotopic (exact) mass is 453 g/mol. The minimum absolute atomic E-state index is 0.0437. The number of sulfone groups is 1. The van der Waals surface area contributed by atoms with Crippen molar-refractivity contribution < 1.29 is 17.6 Å². The van der Waals surface area contributed by atoms with E-state index in [0.717, 1.165) is 12.8 Å². The molecule has 8 heteroatoms. The second-order valence-electron chi connectivity index (χ2n) is 7.85. The molecule has 0 unspecified atom stereocenters. The molecule has 0 spiro atoms. The highest BCUT2D eigenvalue weighted by atomic mass is 32.2. The van der Waals surface area contributed by atoms with Gasteiger partial charge in [0.25, 0.3) is 5.91 Å². The molecule has 1 aromatic heterocycles. The van der Waals surface area contributed by atoms with Crippen LogP contribution in [0.4, 0.5) is 4.39 Å². The number of hydrogen-bond donors (Lipinski definition) is 0. The van der Waals surface area contributed by atoms with Crippen molar-refractivity contribution in [3.8, 4) is 0 Å². The highest BCUT2D eigenvalue weighted by Gasteiger charge is 2.34. The number of nitrogens with zero attached hydrogens (tertiary/aromatic N) is 3. The second-order valence-corrected chi connectivity index (χ2v) is 9.73. The predicted octanol–water partition coefficient (Wildman–Crippen LogP) is 3.99. The van der Waals surface area contributed by atoms with Crippen LogP contribution in [-0.4, -0.2) is 34.8 Å². The zero-order valence-electron chi connectivity index (χ0n) is 17.5. The predicted molar refractivity (Wildman–Crippen MR) is 119 cm³/mol. The lowest BCUT2D eigenvalue weighted by Gasteiger charge is -2.23. The van der Waals surface area contributed by atoms with Gasteiger partial charge in [-0.25, -0.2) is 17.8 Å². The molecule has 1 amide bonds. The van der Waals surface area contributed by atoms with E-state index in [9.17, 15) is 17.6 Å². The van der Waals surface area contributed by atoms with Crippen LogP contribution in [0, 0.1) is 5.82 Å². The first-order valence-corrected chi connectivity index (χ1v) is 12.0. The number of carbonyl (C=O) groups excluding carboxylic acids is 1. The fourth-order valence-electron chi connectivity index (χ4n) is 3.66. The Morgan fingerprint density at radius 3 is 2.59 bits per heavy atom. The first-order valence-electron chi connectivity index (χ1n) is 10.4. The number of benzene rings is 2. The van der Waals surface area contributed by atoms with Crippen LogP contribution in [0.5, 0.6) is 0 Å². The molecule has 1 aliphatic rings. The lowest BCUT2D eigenvalue weighted by molar-refractivity contribution is 0.0725. The number of amides is 1. The fourth-order valence-corrected chi connectivity index (χ4v) is 5.17. The van der Waals surface area contributed by atoms with Crippen molar-refractivity contribution in [2.45, 2.75) is 42.9 Å². The Bertz CT molecular complexity index is 1230. The average molecular weight is 454 g/mol. The average Bonchev–Trinajstić information content (AvgIpc) is 3.53. The van der Waals surface area contributed by atoms with E-state index < -0.39 is 15.7 Å². The van der Waals surface area contributed by atoms with Crippen molar-refractivity contribution in [1.29, 1.82) is 0 Å². The highest BCUT2D eigenvalue weighted by molar-refractivity contribution is 7.90. The third kappa shape index (κ3) is 4.80. The number of aromatic nitrogens is 2. The number of allylic oxidation sites excluding steroid dienone is 1. The quantitative estimate of drug-likeness (QED) is 0.460. The molecule has 166 valence electrons. The van der Waals surface area contributed by atoms with Crippen molar-refractivity contribution in [2.24, 2.45) is 0 Å². The summed E-state index contributed by atoms with van der Waals surface area (Å²) in [6, 6.07) is 14.6. The van der Waals surface area contributed by atoms with Gasteiger partial charge in [0, 0.05) is 18.2 Å². The van der Waals surface area contributed by atoms with Gasteiger partial charge in [0.1, 0.15) is 5.82 Å². The van der Waals surface area contributed by atoms with Gasteiger partial charge in [-0.1, -0.05) is 42.5 Å². The maximum Gasteiger partial charge on any atom is 0.254 e. The molecule has 0 bridgehead atoms. The van der Waals surface area contributed by atoms with E-state index in [-0.39, 0.29) is 41.5 Å². The summed E-state index contributed by atoms with van der Waals surface area (Å²) in [7, 11) is -3.71. The summed E-state index contributed by atoms with van der Waals surface area (Å²) < 4.78 is 41.4. The largest absolute Gasteiger partial charge is 0.330 e. The molecule has 1 fully saturated rings. The summed E-state index contributed by atoms with van der Waals surface area (Å²) in [5.41, 5.74) is 1.53. The van der Waals surface area contributed by atoms with E-state index in [0.29, 0.717) is 11.3 Å². The van der Waals surface area contributed by atoms with Gasteiger partial charge >= 0.3 is 0 Å². The summed E-state index contributed by atoms with van der Waals surface area (Å²) in [6.07, 6.45) is 4.81. The summed E-state index contributed by atoms with van der Waals surface area (Å²) in [6.45, 7) is 4.16. The summed E-state index contributed by atoms with van der Waals surface area (Å²) in [4.78, 5) is 19.0. The van der Waals surface area contributed by atoms with Crippen LogP contribution in [0.1, 0.15) is 34.5 Å². The number of imidazole rings is 1. The van der Waals surface area contributed by atoms with Crippen molar-refractivity contribution in [3.05, 3.63) is 96.1 Å². The minimum Gasteiger partial charge on any atom is -0.330 e. The van der Waals surface area contributed by atoms with Gasteiger partial charge in [0.2, 0.25) is 15.0 Å². The first-order chi connectivity index (χ1) is 15.4. The van der Waals surface area contributed by atoms with E-state index in [2.05, 4.69) is 11.6 Å². The number of halogens is 1. The molecule has 32 heavy (non-hydrogen) atoms. The van der Waals surface area contributed by atoms with Gasteiger partial charge in [-0.05, 0) is 36.6 Å².